The highest BCUT2D eigenvalue weighted by molar-refractivity contribution is 7.07. The maximum absolute atomic E-state index is 15.2. The molecule has 1 aliphatic carbocycles. The van der Waals surface area contributed by atoms with E-state index in [9.17, 15) is 23.1 Å². The normalized spacial score (nSPS) is 21.6. The highest BCUT2D eigenvalue weighted by atomic mass is 32.1. The van der Waals surface area contributed by atoms with Gasteiger partial charge in [-0.25, -0.2) is 24.3 Å². The minimum Gasteiger partial charge on any atom is -0.481 e. The number of rotatable bonds is 6. The van der Waals surface area contributed by atoms with Gasteiger partial charge in [-0.15, -0.1) is 11.3 Å². The van der Waals surface area contributed by atoms with Gasteiger partial charge in [0.1, 0.15) is 11.7 Å². The average Bonchev–Trinajstić information content (AvgIpc) is 3.62. The van der Waals surface area contributed by atoms with E-state index in [0.29, 0.717) is 48.4 Å². The van der Waals surface area contributed by atoms with Crippen LogP contribution < -0.4 is 4.90 Å². The number of nitrogens with one attached hydrogen (secondary N) is 1. The molecular formula is C28H24F4N6O2S. The summed E-state index contributed by atoms with van der Waals surface area (Å²) in [6.07, 6.45) is 3.60. The van der Waals surface area contributed by atoms with Crippen LogP contribution in [0, 0.1) is 5.41 Å². The lowest BCUT2D eigenvalue weighted by Gasteiger charge is -2.39. The van der Waals surface area contributed by atoms with Gasteiger partial charge in [-0.1, -0.05) is 6.08 Å². The number of nitrogens with zero attached hydrogens (tertiary/aromatic N) is 5. The van der Waals surface area contributed by atoms with Crippen molar-refractivity contribution in [2.45, 2.75) is 37.8 Å². The molecule has 41 heavy (non-hydrogen) atoms. The molecule has 2 N–H and O–H groups in total. The quantitative estimate of drug-likeness (QED) is 0.261. The third-order valence-electron chi connectivity index (χ3n) is 7.65. The Kier molecular flexibility index (Phi) is 6.84. The zero-order valence-corrected chi connectivity index (χ0v) is 22.3. The lowest BCUT2D eigenvalue weighted by atomic mass is 9.76. The molecule has 8 nitrogen and oxygen atoms in total. The van der Waals surface area contributed by atoms with E-state index in [2.05, 4.69) is 24.9 Å². The van der Waals surface area contributed by atoms with E-state index in [-0.39, 0.29) is 24.3 Å². The Morgan fingerprint density at radius 3 is 2.71 bits per heavy atom. The minimum atomic E-state index is -4.49. The largest absolute Gasteiger partial charge is 0.481 e. The highest BCUT2D eigenvalue weighted by Crippen LogP contribution is 2.38. The lowest BCUT2D eigenvalue weighted by molar-refractivity contribution is -0.149. The number of carboxylic acids is 1. The number of imidazole rings is 1. The van der Waals surface area contributed by atoms with Crippen molar-refractivity contribution in [1.29, 1.82) is 0 Å². The van der Waals surface area contributed by atoms with Gasteiger partial charge in [-0.05, 0) is 49.1 Å². The van der Waals surface area contributed by atoms with E-state index >= 15 is 4.39 Å². The third kappa shape index (κ3) is 5.33. The fourth-order valence-corrected chi connectivity index (χ4v) is 6.04. The molecule has 0 amide bonds. The van der Waals surface area contributed by atoms with Crippen LogP contribution in [-0.4, -0.2) is 49.1 Å². The number of hydrogen-bond acceptors (Lipinski definition) is 7. The molecule has 3 aromatic heterocycles. The van der Waals surface area contributed by atoms with Crippen LogP contribution in [0.25, 0.3) is 16.6 Å². The van der Waals surface area contributed by atoms with Crippen molar-refractivity contribution in [2.24, 2.45) is 5.41 Å². The SMILES string of the molecule is O=C(O)C1(Cc2cscn2)CCCN(c2ncc(C3=CCC(c4nc5ccc(C(F)(F)F)cc5[nH]4)C(F)=C3)cn2)C1. The molecule has 0 spiro atoms. The Labute approximate surface area is 235 Å². The van der Waals surface area contributed by atoms with Crippen molar-refractivity contribution in [2.75, 3.05) is 18.0 Å². The molecule has 0 saturated carbocycles. The fourth-order valence-electron chi connectivity index (χ4n) is 5.48. The fraction of sp³-hybridized carbons (Fsp3) is 0.321. The minimum absolute atomic E-state index is 0.192. The summed E-state index contributed by atoms with van der Waals surface area (Å²) in [5.41, 5.74) is 2.33. The van der Waals surface area contributed by atoms with Gasteiger partial charge in [-0.2, -0.15) is 13.2 Å². The molecule has 2 unspecified atom stereocenters. The van der Waals surface area contributed by atoms with E-state index in [1.54, 1.807) is 17.9 Å². The number of H-pyrrole nitrogens is 1. The Morgan fingerprint density at radius 2 is 2.02 bits per heavy atom. The molecule has 6 rings (SSSR count). The molecule has 2 aliphatic rings. The first-order chi connectivity index (χ1) is 19.6. The third-order valence-corrected chi connectivity index (χ3v) is 8.28. The molecule has 4 aromatic rings. The molecular weight excluding hydrogens is 560 g/mol. The van der Waals surface area contributed by atoms with Crippen LogP contribution in [0.4, 0.5) is 23.5 Å². The van der Waals surface area contributed by atoms with Crippen molar-refractivity contribution < 1.29 is 27.5 Å². The topological polar surface area (TPSA) is 108 Å². The number of anilines is 1. The van der Waals surface area contributed by atoms with Crippen LogP contribution in [0.5, 0.6) is 0 Å². The predicted octanol–water partition coefficient (Wildman–Crippen LogP) is 6.17. The summed E-state index contributed by atoms with van der Waals surface area (Å²) in [7, 11) is 0. The lowest BCUT2D eigenvalue weighted by Crippen LogP contribution is -2.49. The Hall–Kier alpha value is -4.13. The molecule has 13 heteroatoms. The van der Waals surface area contributed by atoms with Crippen LogP contribution in [0.3, 0.4) is 0 Å². The number of carbonyl (C=O) groups is 1. The number of hydrogen-bond donors (Lipinski definition) is 2. The summed E-state index contributed by atoms with van der Waals surface area (Å²) in [6.45, 7) is 0.867. The van der Waals surface area contributed by atoms with Gasteiger partial charge >= 0.3 is 12.1 Å². The number of thiazole rings is 1. The van der Waals surface area contributed by atoms with E-state index in [1.807, 2.05) is 16.4 Å². The van der Waals surface area contributed by atoms with Crippen molar-refractivity contribution in [3.05, 3.63) is 82.1 Å². The maximum Gasteiger partial charge on any atom is 0.416 e. The first kappa shape index (κ1) is 27.1. The van der Waals surface area contributed by atoms with E-state index in [1.165, 1.54) is 23.5 Å². The molecule has 1 fully saturated rings. The van der Waals surface area contributed by atoms with Crippen LogP contribution in [-0.2, 0) is 17.4 Å². The van der Waals surface area contributed by atoms with Gasteiger partial charge in [0.05, 0.1) is 39.1 Å². The summed E-state index contributed by atoms with van der Waals surface area (Å²) >= 11 is 1.43. The van der Waals surface area contributed by atoms with E-state index in [4.69, 9.17) is 0 Å². The van der Waals surface area contributed by atoms with Gasteiger partial charge in [0, 0.05) is 42.8 Å². The number of allylic oxidation sites excluding steroid dienone is 4. The van der Waals surface area contributed by atoms with Crippen LogP contribution in [0.1, 0.15) is 47.8 Å². The highest BCUT2D eigenvalue weighted by Gasteiger charge is 2.43. The van der Waals surface area contributed by atoms with Crippen LogP contribution in [0.15, 0.2) is 59.5 Å². The zero-order valence-electron chi connectivity index (χ0n) is 21.5. The van der Waals surface area contributed by atoms with E-state index in [0.717, 1.165) is 17.8 Å². The zero-order chi connectivity index (χ0) is 28.8. The summed E-state index contributed by atoms with van der Waals surface area (Å²) in [6, 6.07) is 3.19. The summed E-state index contributed by atoms with van der Waals surface area (Å²) < 4.78 is 54.4. The van der Waals surface area contributed by atoms with Crippen molar-refractivity contribution in [3.63, 3.8) is 0 Å². The Balaban J connectivity index is 1.17. The standard InChI is InChI=1S/C28H24F4N6O2S/c29-21-8-16(2-4-20(21)24-36-22-5-3-18(28(30,31)32)9-23(22)37-24)17-11-33-26(34-12-17)38-7-1-6-27(14-38,25(39)40)10-19-13-41-15-35-19/h2-3,5,8-9,11-13,15,20H,1,4,6-7,10,14H2,(H,36,37)(H,39,40). The van der Waals surface area contributed by atoms with E-state index < -0.39 is 34.9 Å². The second-order valence-corrected chi connectivity index (χ2v) is 11.1. The Bertz CT molecular complexity index is 1650. The molecule has 0 radical (unpaired) electrons. The van der Waals surface area contributed by atoms with Gasteiger partial charge in [0.25, 0.3) is 0 Å². The number of aromatic nitrogens is 5. The molecule has 4 heterocycles. The van der Waals surface area contributed by atoms with Crippen molar-refractivity contribution in [1.82, 2.24) is 24.9 Å². The number of piperidine rings is 1. The second kappa shape index (κ2) is 10.4. The molecule has 1 aromatic carbocycles. The summed E-state index contributed by atoms with van der Waals surface area (Å²) in [5.74, 6) is -1.46. The van der Waals surface area contributed by atoms with Crippen LogP contribution >= 0.6 is 11.3 Å². The monoisotopic (exact) mass is 584 g/mol. The van der Waals surface area contributed by atoms with Gasteiger partial charge in [-0.3, -0.25) is 4.79 Å². The number of benzene rings is 1. The molecule has 0 bridgehead atoms. The van der Waals surface area contributed by atoms with Crippen LogP contribution in [0.2, 0.25) is 0 Å². The van der Waals surface area contributed by atoms with Gasteiger partial charge < -0.3 is 15.0 Å². The molecule has 1 saturated heterocycles. The first-order valence-electron chi connectivity index (χ1n) is 12.9. The second-order valence-electron chi connectivity index (χ2n) is 10.4. The van der Waals surface area contributed by atoms with Crippen molar-refractivity contribution in [3.8, 4) is 0 Å². The average molecular weight is 585 g/mol. The van der Waals surface area contributed by atoms with Crippen molar-refractivity contribution >= 4 is 39.9 Å². The summed E-state index contributed by atoms with van der Waals surface area (Å²) in [4.78, 5) is 34.5. The number of carboxylic acid groups (broad SMARTS) is 1. The van der Waals surface area contributed by atoms with Gasteiger partial charge in [0.15, 0.2) is 0 Å². The summed E-state index contributed by atoms with van der Waals surface area (Å²) in [5, 5.41) is 12.0. The first-order valence-corrected chi connectivity index (χ1v) is 13.9. The van der Waals surface area contributed by atoms with Gasteiger partial charge in [0.2, 0.25) is 5.95 Å². The number of aliphatic carboxylic acids is 1. The number of halogens is 4. The predicted molar refractivity (Wildman–Crippen MR) is 145 cm³/mol. The number of aromatic amines is 1. The number of fused-ring (bicyclic) bond motifs is 1. The maximum atomic E-state index is 15.2. The Morgan fingerprint density at radius 1 is 1.22 bits per heavy atom. The molecule has 1 aliphatic heterocycles. The number of alkyl halides is 3. The molecule has 212 valence electrons. The smallest absolute Gasteiger partial charge is 0.416 e. The molecule has 2 atom stereocenters.